The van der Waals surface area contributed by atoms with E-state index in [4.69, 9.17) is 11.0 Å². The number of phenols is 1. The Morgan fingerprint density at radius 3 is 2.60 bits per heavy atom. The van der Waals surface area contributed by atoms with Gasteiger partial charge in [-0.15, -0.1) is 0 Å². The second-order valence-electron chi connectivity index (χ2n) is 5.08. The van der Waals surface area contributed by atoms with Gasteiger partial charge in [0, 0.05) is 12.0 Å². The molecule has 0 fully saturated rings. The highest BCUT2D eigenvalue weighted by Crippen LogP contribution is 2.25. The molecule has 3 heteroatoms. The Morgan fingerprint density at radius 2 is 1.95 bits per heavy atom. The summed E-state index contributed by atoms with van der Waals surface area (Å²) in [7, 11) is 0. The lowest BCUT2D eigenvalue weighted by Crippen LogP contribution is -2.26. The first-order valence-corrected chi connectivity index (χ1v) is 6.63. The number of hydrogen-bond donors (Lipinski definition) is 2. The Hall–Kier alpha value is -2.31. The summed E-state index contributed by atoms with van der Waals surface area (Å²) >= 11 is 0. The second kappa shape index (κ2) is 6.23. The standard InChI is InChI=1S/C17H18N2O/c1-12(19)17(10-13-4-3-7-16(20)9-13)15-6-2-5-14(8-15)11-18/h2-9,12,17,20H,10,19H2,1H3. The molecule has 102 valence electrons. The molecule has 0 spiro atoms. The van der Waals surface area contributed by atoms with Gasteiger partial charge in [-0.3, -0.25) is 0 Å². The molecule has 0 radical (unpaired) electrons. The van der Waals surface area contributed by atoms with Crippen LogP contribution in [0, 0.1) is 11.3 Å². The van der Waals surface area contributed by atoms with Gasteiger partial charge in [-0.1, -0.05) is 24.3 Å². The van der Waals surface area contributed by atoms with Crippen molar-refractivity contribution in [2.45, 2.75) is 25.3 Å². The Morgan fingerprint density at radius 1 is 1.20 bits per heavy atom. The SMILES string of the molecule is CC(N)C(Cc1cccc(O)c1)c1cccc(C#N)c1. The van der Waals surface area contributed by atoms with Gasteiger partial charge in [0.15, 0.2) is 0 Å². The van der Waals surface area contributed by atoms with Crippen molar-refractivity contribution in [1.29, 1.82) is 5.26 Å². The van der Waals surface area contributed by atoms with Crippen LogP contribution in [-0.4, -0.2) is 11.1 Å². The molecule has 0 aliphatic heterocycles. The molecule has 2 rings (SSSR count). The minimum atomic E-state index is -0.0358. The summed E-state index contributed by atoms with van der Waals surface area (Å²) in [5, 5.41) is 18.5. The maximum absolute atomic E-state index is 9.54. The molecule has 2 unspecified atom stereocenters. The van der Waals surface area contributed by atoms with E-state index < -0.39 is 0 Å². The molecular formula is C17H18N2O. The number of hydrogen-bond acceptors (Lipinski definition) is 3. The van der Waals surface area contributed by atoms with Gasteiger partial charge in [0.1, 0.15) is 5.75 Å². The minimum Gasteiger partial charge on any atom is -0.508 e. The van der Waals surface area contributed by atoms with Gasteiger partial charge in [0.25, 0.3) is 0 Å². The van der Waals surface area contributed by atoms with Crippen LogP contribution in [0.1, 0.15) is 29.5 Å². The normalized spacial score (nSPS) is 13.4. The first-order chi connectivity index (χ1) is 9.60. The Balaban J connectivity index is 2.29. The van der Waals surface area contributed by atoms with E-state index in [-0.39, 0.29) is 17.7 Å². The van der Waals surface area contributed by atoms with Crippen molar-refractivity contribution in [2.24, 2.45) is 5.73 Å². The molecule has 0 saturated carbocycles. The monoisotopic (exact) mass is 266 g/mol. The summed E-state index contributed by atoms with van der Waals surface area (Å²) in [5.74, 6) is 0.377. The molecule has 0 saturated heterocycles. The van der Waals surface area contributed by atoms with E-state index in [9.17, 15) is 5.11 Å². The molecule has 0 aliphatic carbocycles. The lowest BCUT2D eigenvalue weighted by atomic mass is 9.86. The smallest absolute Gasteiger partial charge is 0.115 e. The van der Waals surface area contributed by atoms with Gasteiger partial charge < -0.3 is 10.8 Å². The van der Waals surface area contributed by atoms with Gasteiger partial charge in [-0.05, 0) is 48.7 Å². The highest BCUT2D eigenvalue weighted by molar-refractivity contribution is 5.36. The fraction of sp³-hybridized carbons (Fsp3) is 0.235. The van der Waals surface area contributed by atoms with Crippen LogP contribution in [0.25, 0.3) is 0 Å². The second-order valence-corrected chi connectivity index (χ2v) is 5.08. The highest BCUT2D eigenvalue weighted by atomic mass is 16.3. The molecule has 2 aromatic carbocycles. The minimum absolute atomic E-state index is 0.0358. The molecule has 0 aromatic heterocycles. The van der Waals surface area contributed by atoms with Crippen LogP contribution in [0.3, 0.4) is 0 Å². The zero-order chi connectivity index (χ0) is 14.5. The van der Waals surface area contributed by atoms with E-state index >= 15 is 0 Å². The Kier molecular flexibility index (Phi) is 4.39. The summed E-state index contributed by atoms with van der Waals surface area (Å²) in [5.41, 5.74) is 8.84. The average molecular weight is 266 g/mol. The lowest BCUT2D eigenvalue weighted by molar-refractivity contribution is 0.473. The average Bonchev–Trinajstić information content (AvgIpc) is 2.44. The third-order valence-corrected chi connectivity index (χ3v) is 3.44. The fourth-order valence-electron chi connectivity index (χ4n) is 2.38. The third-order valence-electron chi connectivity index (χ3n) is 3.44. The summed E-state index contributed by atoms with van der Waals surface area (Å²) < 4.78 is 0. The van der Waals surface area contributed by atoms with Crippen molar-refractivity contribution in [3.05, 3.63) is 65.2 Å². The van der Waals surface area contributed by atoms with Crippen molar-refractivity contribution in [1.82, 2.24) is 0 Å². The molecule has 2 atom stereocenters. The summed E-state index contributed by atoms with van der Waals surface area (Å²) in [6.07, 6.45) is 0.737. The maximum Gasteiger partial charge on any atom is 0.115 e. The van der Waals surface area contributed by atoms with Crippen molar-refractivity contribution in [2.75, 3.05) is 0 Å². The van der Waals surface area contributed by atoms with Crippen molar-refractivity contribution < 1.29 is 5.11 Å². The maximum atomic E-state index is 9.54. The van der Waals surface area contributed by atoms with Gasteiger partial charge >= 0.3 is 0 Å². The van der Waals surface area contributed by atoms with E-state index in [1.54, 1.807) is 18.2 Å². The molecule has 3 nitrogen and oxygen atoms in total. The van der Waals surface area contributed by atoms with Crippen molar-refractivity contribution in [3.8, 4) is 11.8 Å². The third kappa shape index (κ3) is 3.37. The number of aromatic hydroxyl groups is 1. The number of nitrogens with zero attached hydrogens (tertiary/aromatic N) is 1. The van der Waals surface area contributed by atoms with E-state index in [0.29, 0.717) is 5.56 Å². The first kappa shape index (κ1) is 14.1. The number of rotatable bonds is 4. The molecule has 0 heterocycles. The van der Waals surface area contributed by atoms with E-state index in [1.807, 2.05) is 37.3 Å². The first-order valence-electron chi connectivity index (χ1n) is 6.63. The lowest BCUT2D eigenvalue weighted by Gasteiger charge is -2.21. The zero-order valence-corrected chi connectivity index (χ0v) is 11.5. The van der Waals surface area contributed by atoms with Crippen LogP contribution in [0.15, 0.2) is 48.5 Å². The predicted octanol–water partition coefficient (Wildman–Crippen LogP) is 2.94. The van der Waals surface area contributed by atoms with Crippen LogP contribution in [0.4, 0.5) is 0 Å². The van der Waals surface area contributed by atoms with Gasteiger partial charge in [-0.25, -0.2) is 0 Å². The molecular weight excluding hydrogens is 248 g/mol. The highest BCUT2D eigenvalue weighted by Gasteiger charge is 2.17. The fourth-order valence-corrected chi connectivity index (χ4v) is 2.38. The Bertz CT molecular complexity index is 629. The number of benzene rings is 2. The van der Waals surface area contributed by atoms with Crippen LogP contribution >= 0.6 is 0 Å². The molecule has 3 N–H and O–H groups in total. The zero-order valence-electron chi connectivity index (χ0n) is 11.5. The summed E-state index contributed by atoms with van der Waals surface area (Å²) in [4.78, 5) is 0. The van der Waals surface area contributed by atoms with E-state index in [0.717, 1.165) is 17.5 Å². The van der Waals surface area contributed by atoms with E-state index in [2.05, 4.69) is 6.07 Å². The topological polar surface area (TPSA) is 70.0 Å². The van der Waals surface area contributed by atoms with Gasteiger partial charge in [0.2, 0.25) is 0 Å². The number of phenolic OH excluding ortho intramolecular Hbond substituents is 1. The Labute approximate surface area is 119 Å². The molecule has 0 aliphatic rings. The van der Waals surface area contributed by atoms with Gasteiger partial charge in [0.05, 0.1) is 11.6 Å². The number of nitriles is 1. The number of nitrogens with two attached hydrogens (primary N) is 1. The van der Waals surface area contributed by atoms with Crippen LogP contribution < -0.4 is 5.73 Å². The van der Waals surface area contributed by atoms with Crippen LogP contribution in [0.2, 0.25) is 0 Å². The predicted molar refractivity (Wildman–Crippen MR) is 79.4 cm³/mol. The van der Waals surface area contributed by atoms with Gasteiger partial charge in [-0.2, -0.15) is 5.26 Å². The molecule has 2 aromatic rings. The van der Waals surface area contributed by atoms with Crippen LogP contribution in [0.5, 0.6) is 5.75 Å². The largest absolute Gasteiger partial charge is 0.508 e. The van der Waals surface area contributed by atoms with Crippen molar-refractivity contribution in [3.63, 3.8) is 0 Å². The van der Waals surface area contributed by atoms with Crippen molar-refractivity contribution >= 4 is 0 Å². The van der Waals surface area contributed by atoms with Crippen LogP contribution in [-0.2, 0) is 6.42 Å². The molecule has 0 amide bonds. The summed E-state index contributed by atoms with van der Waals surface area (Å²) in [6, 6.07) is 16.9. The quantitative estimate of drug-likeness (QED) is 0.893. The molecule has 20 heavy (non-hydrogen) atoms. The molecule has 0 bridgehead atoms. The van der Waals surface area contributed by atoms with E-state index in [1.165, 1.54) is 0 Å². The summed E-state index contributed by atoms with van der Waals surface area (Å²) in [6.45, 7) is 1.96.